The second kappa shape index (κ2) is 8.17. The van der Waals surface area contributed by atoms with Crippen LogP contribution in [-0.4, -0.2) is 0 Å². The van der Waals surface area contributed by atoms with Crippen molar-refractivity contribution in [1.82, 2.24) is 0 Å². The predicted molar refractivity (Wildman–Crippen MR) is 75.4 cm³/mol. The third-order valence-corrected chi connectivity index (χ3v) is 2.72. The van der Waals surface area contributed by atoms with Gasteiger partial charge >= 0.3 is 0 Å². The monoisotopic (exact) mass is 240 g/mol. The summed E-state index contributed by atoms with van der Waals surface area (Å²) >= 11 is 1.80. The van der Waals surface area contributed by atoms with Gasteiger partial charge in [0, 0.05) is 4.88 Å². The fourth-order valence-electron chi connectivity index (χ4n) is 1.13. The quantitative estimate of drug-likeness (QED) is 0.590. The van der Waals surface area contributed by atoms with Crippen molar-refractivity contribution in [3.8, 4) is 0 Å². The molecule has 0 saturated carbocycles. The summed E-state index contributed by atoms with van der Waals surface area (Å²) in [4.78, 5) is 1.40. The lowest BCUT2D eigenvalue weighted by molar-refractivity contribution is 0.504. The van der Waals surface area contributed by atoms with E-state index in [-0.39, 0.29) is 14.9 Å². The summed E-state index contributed by atoms with van der Waals surface area (Å²) in [5.41, 5.74) is 1.38. The van der Waals surface area contributed by atoms with Gasteiger partial charge in [0.15, 0.2) is 0 Å². The Morgan fingerprint density at radius 2 is 1.44 bits per heavy atom. The van der Waals surface area contributed by atoms with Gasteiger partial charge < -0.3 is 4.42 Å². The number of hydrogen-bond acceptors (Lipinski definition) is 2. The Labute approximate surface area is 104 Å². The maximum absolute atomic E-state index is 5.08. The molecule has 0 aliphatic heterocycles. The van der Waals surface area contributed by atoms with Crippen LogP contribution in [0.15, 0.2) is 28.0 Å². The van der Waals surface area contributed by atoms with Crippen LogP contribution in [0.1, 0.15) is 36.8 Å². The van der Waals surface area contributed by atoms with Gasteiger partial charge in [-0.2, -0.15) is 0 Å². The Hall–Kier alpha value is -1.02. The fourth-order valence-corrected chi connectivity index (χ4v) is 1.82. The Morgan fingerprint density at radius 1 is 0.938 bits per heavy atom. The van der Waals surface area contributed by atoms with Gasteiger partial charge in [-0.05, 0) is 56.8 Å². The first-order chi connectivity index (χ1) is 6.58. The molecule has 92 valence electrons. The highest BCUT2D eigenvalue weighted by Crippen LogP contribution is 2.10. The highest BCUT2D eigenvalue weighted by molar-refractivity contribution is 7.10. The van der Waals surface area contributed by atoms with Crippen LogP contribution >= 0.6 is 11.3 Å². The number of furan rings is 1. The second-order valence-corrected chi connectivity index (χ2v) is 4.51. The summed E-state index contributed by atoms with van der Waals surface area (Å²) in [7, 11) is 0. The van der Waals surface area contributed by atoms with Gasteiger partial charge in [-0.3, -0.25) is 0 Å². The first-order valence-electron chi connectivity index (χ1n) is 4.62. The second-order valence-electron chi connectivity index (χ2n) is 3.39. The zero-order valence-electron chi connectivity index (χ0n) is 9.13. The van der Waals surface area contributed by atoms with Crippen LogP contribution in [0.4, 0.5) is 0 Å². The molecule has 2 heteroatoms. The molecule has 0 atom stereocenters. The Kier molecular flexibility index (Phi) is 8.87. The first-order valence-corrected chi connectivity index (χ1v) is 5.50. The first kappa shape index (κ1) is 17.4. The molecule has 2 aromatic heterocycles. The SMILES string of the molecule is C.C.Cc1ccc(C)o1.Cc1csc(C)c1. The Morgan fingerprint density at radius 3 is 1.56 bits per heavy atom. The standard InChI is InChI=1S/C6H8O.C6H8S.2CH4/c1-5-3-4-6(2)7-5;1-5-3-6(2)7-4-5;;/h2*3-4H,1-2H3;2*1H4. The Bertz CT molecular complexity index is 314. The number of thiophene rings is 1. The van der Waals surface area contributed by atoms with E-state index in [9.17, 15) is 0 Å². The molecule has 0 saturated heterocycles. The molecule has 2 aromatic rings. The minimum Gasteiger partial charge on any atom is -0.467 e. The molecule has 2 rings (SSSR count). The fraction of sp³-hybridized carbons (Fsp3) is 0.429. The van der Waals surface area contributed by atoms with E-state index in [0.717, 1.165) is 11.5 Å². The van der Waals surface area contributed by atoms with Crippen molar-refractivity contribution in [2.75, 3.05) is 0 Å². The predicted octanol–water partition coefficient (Wildman–Crippen LogP) is 5.53. The summed E-state index contributed by atoms with van der Waals surface area (Å²) in [5.74, 6) is 1.97. The van der Waals surface area contributed by atoms with E-state index >= 15 is 0 Å². The van der Waals surface area contributed by atoms with Gasteiger partial charge in [-0.25, -0.2) is 0 Å². The average molecular weight is 240 g/mol. The molecule has 16 heavy (non-hydrogen) atoms. The van der Waals surface area contributed by atoms with Gasteiger partial charge in [-0.1, -0.05) is 14.9 Å². The van der Waals surface area contributed by atoms with Gasteiger partial charge in [0.2, 0.25) is 0 Å². The van der Waals surface area contributed by atoms with Crippen LogP contribution in [0.3, 0.4) is 0 Å². The highest BCUT2D eigenvalue weighted by Gasteiger charge is 1.85. The normalized spacial score (nSPS) is 8.25. The summed E-state index contributed by atoms with van der Waals surface area (Å²) in [6.45, 7) is 8.11. The molecule has 2 heterocycles. The van der Waals surface area contributed by atoms with E-state index in [2.05, 4.69) is 25.3 Å². The van der Waals surface area contributed by atoms with E-state index < -0.39 is 0 Å². The van der Waals surface area contributed by atoms with Gasteiger partial charge in [0.25, 0.3) is 0 Å². The summed E-state index contributed by atoms with van der Waals surface area (Å²) < 4.78 is 5.08. The lowest BCUT2D eigenvalue weighted by Crippen LogP contribution is -1.53. The number of rotatable bonds is 0. The molecule has 0 radical (unpaired) electrons. The average Bonchev–Trinajstić information content (AvgIpc) is 2.63. The van der Waals surface area contributed by atoms with E-state index in [1.165, 1.54) is 10.4 Å². The summed E-state index contributed by atoms with van der Waals surface area (Å²) in [6.07, 6.45) is 0. The minimum absolute atomic E-state index is 0. The molecular weight excluding hydrogens is 216 g/mol. The van der Waals surface area contributed by atoms with Crippen LogP contribution in [0.5, 0.6) is 0 Å². The third kappa shape index (κ3) is 6.46. The van der Waals surface area contributed by atoms with Crippen LogP contribution in [0, 0.1) is 27.7 Å². The Balaban J connectivity index is 0. The van der Waals surface area contributed by atoms with Crippen molar-refractivity contribution in [3.05, 3.63) is 45.5 Å². The molecule has 0 fully saturated rings. The van der Waals surface area contributed by atoms with Gasteiger partial charge in [-0.15, -0.1) is 11.3 Å². The van der Waals surface area contributed by atoms with Crippen LogP contribution < -0.4 is 0 Å². The molecular formula is C14H24OS. The topological polar surface area (TPSA) is 13.1 Å². The van der Waals surface area contributed by atoms with Crippen molar-refractivity contribution in [2.45, 2.75) is 42.5 Å². The summed E-state index contributed by atoms with van der Waals surface area (Å²) in [5, 5.41) is 2.16. The lowest BCUT2D eigenvalue weighted by Gasteiger charge is -1.76. The van der Waals surface area contributed by atoms with Crippen LogP contribution in [0.25, 0.3) is 0 Å². The zero-order chi connectivity index (χ0) is 10.6. The number of hydrogen-bond donors (Lipinski definition) is 0. The van der Waals surface area contributed by atoms with E-state index in [1.807, 2.05) is 26.0 Å². The van der Waals surface area contributed by atoms with Crippen molar-refractivity contribution in [1.29, 1.82) is 0 Å². The lowest BCUT2D eigenvalue weighted by atomic mass is 10.4. The van der Waals surface area contributed by atoms with Crippen molar-refractivity contribution in [3.63, 3.8) is 0 Å². The van der Waals surface area contributed by atoms with Crippen LogP contribution in [-0.2, 0) is 0 Å². The minimum atomic E-state index is 0. The molecule has 0 amide bonds. The molecule has 0 bridgehead atoms. The number of aryl methyl sites for hydroxylation is 4. The molecule has 0 spiro atoms. The third-order valence-electron chi connectivity index (χ3n) is 1.74. The maximum atomic E-state index is 5.08. The smallest absolute Gasteiger partial charge is 0.101 e. The molecule has 1 nitrogen and oxygen atoms in total. The van der Waals surface area contributed by atoms with E-state index in [1.54, 1.807) is 11.3 Å². The van der Waals surface area contributed by atoms with Crippen molar-refractivity contribution >= 4 is 11.3 Å². The molecule has 0 N–H and O–H groups in total. The van der Waals surface area contributed by atoms with Gasteiger partial charge in [0.05, 0.1) is 0 Å². The van der Waals surface area contributed by atoms with Crippen molar-refractivity contribution in [2.24, 2.45) is 0 Å². The largest absolute Gasteiger partial charge is 0.467 e. The van der Waals surface area contributed by atoms with E-state index in [4.69, 9.17) is 4.42 Å². The summed E-state index contributed by atoms with van der Waals surface area (Å²) in [6, 6.07) is 6.09. The van der Waals surface area contributed by atoms with Crippen LogP contribution in [0.2, 0.25) is 0 Å². The highest BCUT2D eigenvalue weighted by atomic mass is 32.1. The molecule has 0 aromatic carbocycles. The van der Waals surface area contributed by atoms with Crippen molar-refractivity contribution < 1.29 is 4.42 Å². The van der Waals surface area contributed by atoms with Gasteiger partial charge in [0.1, 0.15) is 11.5 Å². The maximum Gasteiger partial charge on any atom is 0.101 e. The molecule has 0 aliphatic carbocycles. The molecule has 0 aliphatic rings. The molecule has 0 unspecified atom stereocenters. The zero-order valence-corrected chi connectivity index (χ0v) is 9.94. The van der Waals surface area contributed by atoms with E-state index in [0.29, 0.717) is 0 Å².